The molecule has 2 aliphatic carbocycles. The van der Waals surface area contributed by atoms with E-state index in [1.807, 2.05) is 6.08 Å². The third kappa shape index (κ3) is 1.41. The Labute approximate surface area is 117 Å². The third-order valence-electron chi connectivity index (χ3n) is 4.44. The summed E-state index contributed by atoms with van der Waals surface area (Å²) in [4.78, 5) is 11.9. The Morgan fingerprint density at radius 3 is 2.70 bits per heavy atom. The van der Waals surface area contributed by atoms with Gasteiger partial charge < -0.3 is 0 Å². The monoisotopic (exact) mass is 287 g/mol. The first-order chi connectivity index (χ1) is 9.54. The summed E-state index contributed by atoms with van der Waals surface area (Å²) < 4.78 is 26.8. The predicted molar refractivity (Wildman–Crippen MR) is 73.1 cm³/mol. The maximum absolute atomic E-state index is 12.7. The highest BCUT2D eigenvalue weighted by atomic mass is 32.2. The van der Waals surface area contributed by atoms with E-state index in [9.17, 15) is 13.2 Å². The Morgan fingerprint density at radius 2 is 1.95 bits per heavy atom. The maximum Gasteiger partial charge on any atom is 0.264 e. The van der Waals surface area contributed by atoms with Crippen LogP contribution >= 0.6 is 0 Å². The van der Waals surface area contributed by atoms with Crippen LogP contribution in [0.25, 0.3) is 0 Å². The number of nitrogens with zero attached hydrogens (tertiary/aromatic N) is 1. The summed E-state index contributed by atoms with van der Waals surface area (Å²) >= 11 is 0. The van der Waals surface area contributed by atoms with Crippen molar-refractivity contribution in [2.75, 3.05) is 6.54 Å². The van der Waals surface area contributed by atoms with Gasteiger partial charge in [0.15, 0.2) is 5.78 Å². The van der Waals surface area contributed by atoms with Crippen LogP contribution in [0, 0.1) is 11.3 Å². The highest BCUT2D eigenvalue weighted by Crippen LogP contribution is 2.66. The number of sulfonamides is 1. The van der Waals surface area contributed by atoms with Crippen molar-refractivity contribution >= 4 is 15.8 Å². The number of carbonyl (C=O) groups excluding carboxylic acids is 1. The number of hydrogen-bond donors (Lipinski definition) is 0. The van der Waals surface area contributed by atoms with Crippen LogP contribution in [0.4, 0.5) is 0 Å². The van der Waals surface area contributed by atoms with Crippen LogP contribution in [0.2, 0.25) is 0 Å². The molecule has 1 aromatic rings. The minimum absolute atomic E-state index is 0.133. The van der Waals surface area contributed by atoms with Crippen LogP contribution in [-0.2, 0) is 14.8 Å². The fraction of sp³-hybridized carbons (Fsp3) is 0.267. The lowest BCUT2D eigenvalue weighted by atomic mass is 9.96. The molecule has 4 nitrogen and oxygen atoms in total. The lowest BCUT2D eigenvalue weighted by Gasteiger charge is -2.26. The molecule has 1 aromatic carbocycles. The zero-order valence-electron chi connectivity index (χ0n) is 10.7. The van der Waals surface area contributed by atoms with Gasteiger partial charge in [0.1, 0.15) is 0 Å². The molecule has 1 aliphatic heterocycles. The van der Waals surface area contributed by atoms with E-state index in [0.29, 0.717) is 18.2 Å². The molecule has 0 N–H and O–H groups in total. The molecule has 1 heterocycles. The minimum Gasteiger partial charge on any atom is -0.290 e. The summed E-state index contributed by atoms with van der Waals surface area (Å²) in [6, 6.07) is 8.38. The molecule has 0 radical (unpaired) electrons. The Morgan fingerprint density at radius 1 is 1.20 bits per heavy atom. The van der Waals surface area contributed by atoms with Crippen LogP contribution in [-0.4, -0.2) is 25.1 Å². The Hall–Kier alpha value is -1.88. The standard InChI is InChI=1S/C15H13NO3S/c17-12-6-7-15-9-11(15)10-16(14(15)8-12)20(18,19)13-4-2-1-3-5-13/h1-8,11H,9-10H2. The molecule has 2 unspecified atom stereocenters. The molecule has 20 heavy (non-hydrogen) atoms. The number of allylic oxidation sites excluding steroid dienone is 3. The van der Waals surface area contributed by atoms with Gasteiger partial charge in [-0.3, -0.25) is 9.10 Å². The average molecular weight is 287 g/mol. The minimum atomic E-state index is -3.56. The van der Waals surface area contributed by atoms with Crippen molar-refractivity contribution in [3.63, 3.8) is 0 Å². The second kappa shape index (κ2) is 3.61. The lowest BCUT2D eigenvalue weighted by Crippen LogP contribution is -2.31. The van der Waals surface area contributed by atoms with Gasteiger partial charge in [-0.15, -0.1) is 0 Å². The van der Waals surface area contributed by atoms with Crippen molar-refractivity contribution in [1.29, 1.82) is 0 Å². The van der Waals surface area contributed by atoms with Crippen molar-refractivity contribution in [2.24, 2.45) is 11.3 Å². The van der Waals surface area contributed by atoms with Crippen molar-refractivity contribution in [2.45, 2.75) is 11.3 Å². The van der Waals surface area contributed by atoms with E-state index in [4.69, 9.17) is 0 Å². The molecule has 1 saturated heterocycles. The van der Waals surface area contributed by atoms with Gasteiger partial charge in [0.2, 0.25) is 0 Å². The van der Waals surface area contributed by atoms with Gasteiger partial charge in [0.05, 0.1) is 4.90 Å². The number of ketones is 1. The smallest absolute Gasteiger partial charge is 0.264 e. The zero-order valence-corrected chi connectivity index (χ0v) is 11.5. The molecule has 5 heteroatoms. The summed E-state index contributed by atoms with van der Waals surface area (Å²) in [5, 5.41) is 0. The molecule has 3 aliphatic rings. The van der Waals surface area contributed by atoms with Gasteiger partial charge in [0, 0.05) is 23.7 Å². The van der Waals surface area contributed by atoms with Gasteiger partial charge >= 0.3 is 0 Å². The molecule has 4 rings (SSSR count). The lowest BCUT2D eigenvalue weighted by molar-refractivity contribution is -0.110. The highest BCUT2D eigenvalue weighted by Gasteiger charge is 2.64. The van der Waals surface area contributed by atoms with Crippen molar-refractivity contribution in [3.05, 3.63) is 54.3 Å². The van der Waals surface area contributed by atoms with Crippen LogP contribution in [0.3, 0.4) is 0 Å². The van der Waals surface area contributed by atoms with Crippen molar-refractivity contribution < 1.29 is 13.2 Å². The number of carbonyl (C=O) groups is 1. The first-order valence-corrected chi connectivity index (χ1v) is 8.01. The van der Waals surface area contributed by atoms with Crippen LogP contribution in [0.15, 0.2) is 59.2 Å². The van der Waals surface area contributed by atoms with Gasteiger partial charge in [-0.2, -0.15) is 0 Å². The van der Waals surface area contributed by atoms with Gasteiger partial charge in [-0.25, -0.2) is 8.42 Å². The number of rotatable bonds is 2. The molecule has 0 bridgehead atoms. The van der Waals surface area contributed by atoms with E-state index in [2.05, 4.69) is 0 Å². The Kier molecular flexibility index (Phi) is 2.15. The normalized spacial score (nSPS) is 30.8. The van der Waals surface area contributed by atoms with Gasteiger partial charge in [-0.1, -0.05) is 24.3 Å². The second-order valence-electron chi connectivity index (χ2n) is 5.56. The summed E-state index contributed by atoms with van der Waals surface area (Å²) in [5.41, 5.74) is 0.453. The molecule has 0 aromatic heterocycles. The number of hydrogen-bond acceptors (Lipinski definition) is 3. The third-order valence-corrected chi connectivity index (χ3v) is 6.23. The van der Waals surface area contributed by atoms with Crippen molar-refractivity contribution in [3.8, 4) is 0 Å². The fourth-order valence-electron chi connectivity index (χ4n) is 3.28. The SMILES string of the molecule is O=C1C=CC23CC2CN(S(=O)(=O)c2ccccc2)C3=C1. The van der Waals surface area contributed by atoms with Crippen molar-refractivity contribution in [1.82, 2.24) is 4.31 Å². The molecule has 102 valence electrons. The van der Waals surface area contributed by atoms with E-state index in [1.54, 1.807) is 36.4 Å². The van der Waals surface area contributed by atoms with E-state index in [1.165, 1.54) is 10.4 Å². The zero-order chi connectivity index (χ0) is 14.0. The first kappa shape index (κ1) is 11.9. The highest BCUT2D eigenvalue weighted by molar-refractivity contribution is 7.89. The molecule has 1 spiro atoms. The molecule has 2 fully saturated rings. The van der Waals surface area contributed by atoms with Crippen LogP contribution in [0.1, 0.15) is 6.42 Å². The molecular formula is C15H13NO3S. The second-order valence-corrected chi connectivity index (χ2v) is 7.42. The van der Waals surface area contributed by atoms with E-state index >= 15 is 0 Å². The molecular weight excluding hydrogens is 274 g/mol. The Balaban J connectivity index is 1.80. The van der Waals surface area contributed by atoms with E-state index in [0.717, 1.165) is 6.42 Å². The summed E-state index contributed by atoms with van der Waals surface area (Å²) in [5.74, 6) is 0.183. The summed E-state index contributed by atoms with van der Waals surface area (Å²) in [7, 11) is -3.56. The van der Waals surface area contributed by atoms with E-state index < -0.39 is 10.0 Å². The predicted octanol–water partition coefficient (Wildman–Crippen LogP) is 1.72. The van der Waals surface area contributed by atoms with Crippen LogP contribution in [0.5, 0.6) is 0 Å². The Bertz CT molecular complexity index is 764. The summed E-state index contributed by atoms with van der Waals surface area (Å²) in [6.45, 7) is 0.473. The van der Waals surface area contributed by atoms with Gasteiger partial charge in [0.25, 0.3) is 10.0 Å². The maximum atomic E-state index is 12.7. The average Bonchev–Trinajstić information content (AvgIpc) is 3.05. The quantitative estimate of drug-likeness (QED) is 0.832. The van der Waals surface area contributed by atoms with Gasteiger partial charge in [-0.05, 0) is 30.5 Å². The largest absolute Gasteiger partial charge is 0.290 e. The van der Waals surface area contributed by atoms with Crippen LogP contribution < -0.4 is 0 Å². The molecule has 2 atom stereocenters. The summed E-state index contributed by atoms with van der Waals surface area (Å²) in [6.07, 6.45) is 5.87. The molecule has 0 amide bonds. The van der Waals surface area contributed by atoms with E-state index in [-0.39, 0.29) is 16.1 Å². The fourth-order valence-corrected chi connectivity index (χ4v) is 4.89. The topological polar surface area (TPSA) is 54.5 Å². The number of benzene rings is 1. The molecule has 1 saturated carbocycles. The first-order valence-electron chi connectivity index (χ1n) is 6.57. The number of piperidine rings is 1.